The number of hydrogen-bond donors (Lipinski definition) is 3. The van der Waals surface area contributed by atoms with Crippen LogP contribution in [0.15, 0.2) is 18.2 Å². The number of carbonyl (C=O) groups excluding carboxylic acids is 1. The highest BCUT2D eigenvalue weighted by molar-refractivity contribution is 5.95. The molecule has 1 aromatic rings. The zero-order valence-corrected chi connectivity index (χ0v) is 8.24. The molecule has 4 nitrogen and oxygen atoms in total. The van der Waals surface area contributed by atoms with Crippen LogP contribution in [-0.2, 0) is 4.79 Å². The Morgan fingerprint density at radius 1 is 1.50 bits per heavy atom. The van der Waals surface area contributed by atoms with E-state index >= 15 is 0 Å². The van der Waals surface area contributed by atoms with Gasteiger partial charge in [0.05, 0.1) is 11.4 Å². The van der Waals surface area contributed by atoms with Crippen LogP contribution in [0.2, 0.25) is 0 Å². The molecule has 1 rings (SSSR count). The first-order chi connectivity index (χ1) is 6.50. The fourth-order valence-corrected chi connectivity index (χ4v) is 0.941. The third kappa shape index (κ3) is 2.39. The van der Waals surface area contributed by atoms with E-state index in [2.05, 4.69) is 5.32 Å². The van der Waals surface area contributed by atoms with Crippen LogP contribution in [0.1, 0.15) is 13.8 Å². The molecule has 76 valence electrons. The lowest BCUT2D eigenvalue weighted by molar-refractivity contribution is -0.118. The monoisotopic (exact) mass is 194 g/mol. The highest BCUT2D eigenvalue weighted by Crippen LogP contribution is 2.23. The number of nitrogens with two attached hydrogens (primary N) is 1. The van der Waals surface area contributed by atoms with Crippen LogP contribution in [0, 0.1) is 5.92 Å². The number of carbonyl (C=O) groups is 1. The van der Waals surface area contributed by atoms with Crippen molar-refractivity contribution >= 4 is 17.3 Å². The number of phenols is 1. The van der Waals surface area contributed by atoms with Gasteiger partial charge < -0.3 is 16.2 Å². The lowest BCUT2D eigenvalue weighted by Crippen LogP contribution is -2.18. The first kappa shape index (κ1) is 10.4. The summed E-state index contributed by atoms with van der Waals surface area (Å²) >= 11 is 0. The van der Waals surface area contributed by atoms with Gasteiger partial charge in [-0.05, 0) is 12.1 Å². The first-order valence-electron chi connectivity index (χ1n) is 4.40. The summed E-state index contributed by atoms with van der Waals surface area (Å²) in [6.07, 6.45) is 0. The fraction of sp³-hybridized carbons (Fsp3) is 0.300. The minimum absolute atomic E-state index is 0.0880. The van der Waals surface area contributed by atoms with E-state index in [4.69, 9.17) is 10.8 Å². The van der Waals surface area contributed by atoms with Crippen LogP contribution in [0.25, 0.3) is 0 Å². The Labute approximate surface area is 82.7 Å². The molecule has 0 heterocycles. The maximum absolute atomic E-state index is 11.3. The fourth-order valence-electron chi connectivity index (χ4n) is 0.941. The average Bonchev–Trinajstić information content (AvgIpc) is 2.09. The summed E-state index contributed by atoms with van der Waals surface area (Å²) in [6, 6.07) is 4.45. The van der Waals surface area contributed by atoms with Crippen molar-refractivity contribution in [1.82, 2.24) is 0 Å². The molecule has 0 bridgehead atoms. The molecular weight excluding hydrogens is 180 g/mol. The second-order valence-corrected chi connectivity index (χ2v) is 3.42. The van der Waals surface area contributed by atoms with Gasteiger partial charge in [0.1, 0.15) is 5.75 Å². The molecule has 0 fully saturated rings. The Kier molecular flexibility index (Phi) is 2.96. The summed E-state index contributed by atoms with van der Waals surface area (Å²) in [5.74, 6) is -0.101. The van der Waals surface area contributed by atoms with E-state index in [1.807, 2.05) is 0 Å². The quantitative estimate of drug-likeness (QED) is 0.494. The summed E-state index contributed by atoms with van der Waals surface area (Å²) in [5.41, 5.74) is 6.48. The zero-order chi connectivity index (χ0) is 10.7. The Hall–Kier alpha value is -1.71. The Balaban J connectivity index is 2.82. The van der Waals surface area contributed by atoms with E-state index in [-0.39, 0.29) is 17.6 Å². The highest BCUT2D eigenvalue weighted by atomic mass is 16.3. The molecule has 0 atom stereocenters. The SMILES string of the molecule is CC(C)C(=O)Nc1ccc(O)cc1N. The van der Waals surface area contributed by atoms with Crippen molar-refractivity contribution in [1.29, 1.82) is 0 Å². The molecule has 1 aromatic carbocycles. The molecular formula is C10H14N2O2. The molecule has 0 saturated carbocycles. The third-order valence-electron chi connectivity index (χ3n) is 1.82. The number of amides is 1. The van der Waals surface area contributed by atoms with Gasteiger partial charge >= 0.3 is 0 Å². The van der Waals surface area contributed by atoms with Gasteiger partial charge in [-0.25, -0.2) is 0 Å². The highest BCUT2D eigenvalue weighted by Gasteiger charge is 2.08. The third-order valence-corrected chi connectivity index (χ3v) is 1.82. The molecule has 0 aliphatic rings. The molecule has 4 heteroatoms. The van der Waals surface area contributed by atoms with Gasteiger partial charge in [0, 0.05) is 12.0 Å². The predicted octanol–water partition coefficient (Wildman–Crippen LogP) is 1.57. The lowest BCUT2D eigenvalue weighted by Gasteiger charge is -2.09. The number of anilines is 2. The summed E-state index contributed by atoms with van der Waals surface area (Å²) in [7, 11) is 0. The largest absolute Gasteiger partial charge is 0.508 e. The van der Waals surface area contributed by atoms with Crippen molar-refractivity contribution in [2.45, 2.75) is 13.8 Å². The molecule has 0 spiro atoms. The van der Waals surface area contributed by atoms with Crippen LogP contribution in [0.5, 0.6) is 5.75 Å². The Morgan fingerprint density at radius 2 is 2.14 bits per heavy atom. The van der Waals surface area contributed by atoms with Gasteiger partial charge in [0.15, 0.2) is 0 Å². The Morgan fingerprint density at radius 3 is 2.64 bits per heavy atom. The molecule has 0 aliphatic heterocycles. The van der Waals surface area contributed by atoms with Crippen molar-refractivity contribution in [3.05, 3.63) is 18.2 Å². The van der Waals surface area contributed by atoms with Crippen LogP contribution in [-0.4, -0.2) is 11.0 Å². The summed E-state index contributed by atoms with van der Waals surface area (Å²) in [5, 5.41) is 11.7. The van der Waals surface area contributed by atoms with Crippen LogP contribution >= 0.6 is 0 Å². The molecule has 0 aliphatic carbocycles. The number of aromatic hydroxyl groups is 1. The molecule has 0 aromatic heterocycles. The van der Waals surface area contributed by atoms with E-state index < -0.39 is 0 Å². The molecule has 4 N–H and O–H groups in total. The van der Waals surface area contributed by atoms with Gasteiger partial charge in [0.2, 0.25) is 5.91 Å². The second kappa shape index (κ2) is 4.00. The molecule has 0 unspecified atom stereocenters. The van der Waals surface area contributed by atoms with Crippen molar-refractivity contribution in [2.24, 2.45) is 5.92 Å². The second-order valence-electron chi connectivity index (χ2n) is 3.42. The van der Waals surface area contributed by atoms with Gasteiger partial charge in [-0.15, -0.1) is 0 Å². The summed E-state index contributed by atoms with van der Waals surface area (Å²) in [4.78, 5) is 11.3. The van der Waals surface area contributed by atoms with E-state index in [0.717, 1.165) is 0 Å². The van der Waals surface area contributed by atoms with E-state index in [1.54, 1.807) is 19.9 Å². The predicted molar refractivity (Wildman–Crippen MR) is 56.0 cm³/mol. The Bertz CT molecular complexity index is 348. The standard InChI is InChI=1S/C10H14N2O2/c1-6(2)10(14)12-9-4-3-7(13)5-8(9)11/h3-6,13H,11H2,1-2H3,(H,12,14). The maximum atomic E-state index is 11.3. The summed E-state index contributed by atoms with van der Waals surface area (Å²) in [6.45, 7) is 3.60. The smallest absolute Gasteiger partial charge is 0.226 e. The average molecular weight is 194 g/mol. The number of benzene rings is 1. The molecule has 0 saturated heterocycles. The van der Waals surface area contributed by atoms with E-state index in [9.17, 15) is 4.79 Å². The van der Waals surface area contributed by atoms with E-state index in [0.29, 0.717) is 11.4 Å². The van der Waals surface area contributed by atoms with Crippen molar-refractivity contribution < 1.29 is 9.90 Å². The van der Waals surface area contributed by atoms with Crippen molar-refractivity contribution in [2.75, 3.05) is 11.1 Å². The summed E-state index contributed by atoms with van der Waals surface area (Å²) < 4.78 is 0. The minimum Gasteiger partial charge on any atom is -0.508 e. The number of rotatable bonds is 2. The molecule has 1 amide bonds. The first-order valence-corrected chi connectivity index (χ1v) is 4.40. The number of nitrogens with one attached hydrogen (secondary N) is 1. The number of phenolic OH excluding ortho intramolecular Hbond substituents is 1. The molecule has 0 radical (unpaired) electrons. The van der Waals surface area contributed by atoms with Gasteiger partial charge in [-0.1, -0.05) is 13.8 Å². The number of nitrogen functional groups attached to an aromatic ring is 1. The maximum Gasteiger partial charge on any atom is 0.226 e. The van der Waals surface area contributed by atoms with Gasteiger partial charge in [-0.3, -0.25) is 4.79 Å². The topological polar surface area (TPSA) is 75.3 Å². The number of hydrogen-bond acceptors (Lipinski definition) is 3. The van der Waals surface area contributed by atoms with Gasteiger partial charge in [0.25, 0.3) is 0 Å². The lowest BCUT2D eigenvalue weighted by atomic mass is 10.2. The van der Waals surface area contributed by atoms with Crippen LogP contribution in [0.4, 0.5) is 11.4 Å². The van der Waals surface area contributed by atoms with E-state index in [1.165, 1.54) is 12.1 Å². The normalized spacial score (nSPS) is 10.2. The zero-order valence-electron chi connectivity index (χ0n) is 8.24. The van der Waals surface area contributed by atoms with Crippen LogP contribution in [0.3, 0.4) is 0 Å². The van der Waals surface area contributed by atoms with Crippen molar-refractivity contribution in [3.63, 3.8) is 0 Å². The minimum atomic E-state index is -0.0950. The van der Waals surface area contributed by atoms with Crippen molar-refractivity contribution in [3.8, 4) is 5.75 Å². The van der Waals surface area contributed by atoms with Crippen LogP contribution < -0.4 is 11.1 Å². The van der Waals surface area contributed by atoms with Gasteiger partial charge in [-0.2, -0.15) is 0 Å². The molecule has 14 heavy (non-hydrogen) atoms.